The van der Waals surface area contributed by atoms with Crippen LogP contribution in [0.3, 0.4) is 0 Å². The van der Waals surface area contributed by atoms with E-state index in [4.69, 9.17) is 4.74 Å². The molecule has 1 saturated heterocycles. The van der Waals surface area contributed by atoms with Gasteiger partial charge in [-0.05, 0) is 56.0 Å². The molecule has 2 aliphatic rings. The fraction of sp³-hybridized carbons (Fsp3) is 0.583. The molecule has 5 nitrogen and oxygen atoms in total. The summed E-state index contributed by atoms with van der Waals surface area (Å²) in [6.45, 7) is 11.1. The van der Waals surface area contributed by atoms with Crippen LogP contribution in [0.2, 0.25) is 0 Å². The topological polar surface area (TPSA) is 54.5 Å². The Labute approximate surface area is 183 Å². The molecule has 1 aromatic carbocycles. The summed E-state index contributed by atoms with van der Waals surface area (Å²) in [4.78, 5) is 19.7. The Hall–Kier alpha value is -1.92. The molecule has 3 heterocycles. The van der Waals surface area contributed by atoms with Gasteiger partial charge in [-0.1, -0.05) is 32.9 Å². The molecule has 0 saturated carbocycles. The van der Waals surface area contributed by atoms with Gasteiger partial charge in [0.25, 0.3) is 0 Å². The van der Waals surface area contributed by atoms with E-state index < -0.39 is 5.41 Å². The first kappa shape index (κ1) is 21.3. The van der Waals surface area contributed by atoms with Crippen LogP contribution in [-0.4, -0.2) is 35.0 Å². The standard InChI is InChI=1S/C24H33N3O2S/c1-16-13-19-14-17(5-6-20(19)29-16)15-27-10-7-18(8-11-27)21(22-25-9-12-30-22)26-23(28)24(2,3)4/h5-6,9,12,14,16,18,21H,7-8,10-11,13,15H2,1-4H3,(H,26,28). The Morgan fingerprint density at radius 2 is 2.10 bits per heavy atom. The zero-order valence-electron chi connectivity index (χ0n) is 18.5. The van der Waals surface area contributed by atoms with Crippen molar-refractivity contribution in [2.24, 2.45) is 11.3 Å². The van der Waals surface area contributed by atoms with Gasteiger partial charge in [0.2, 0.25) is 5.91 Å². The number of carbonyl (C=O) groups excluding carboxylic acids is 1. The number of ether oxygens (including phenoxy) is 1. The lowest BCUT2D eigenvalue weighted by Crippen LogP contribution is -2.43. The molecule has 0 aliphatic carbocycles. The molecule has 1 N–H and O–H groups in total. The summed E-state index contributed by atoms with van der Waals surface area (Å²) in [6.07, 6.45) is 5.27. The quantitative estimate of drug-likeness (QED) is 0.759. The number of aromatic nitrogens is 1. The third kappa shape index (κ3) is 4.86. The maximum atomic E-state index is 12.7. The number of nitrogens with one attached hydrogen (secondary N) is 1. The summed E-state index contributed by atoms with van der Waals surface area (Å²) < 4.78 is 5.83. The molecular formula is C24H33N3O2S. The lowest BCUT2D eigenvalue weighted by molar-refractivity contribution is -0.129. The smallest absolute Gasteiger partial charge is 0.225 e. The van der Waals surface area contributed by atoms with Gasteiger partial charge in [0.15, 0.2) is 0 Å². The zero-order valence-corrected chi connectivity index (χ0v) is 19.3. The van der Waals surface area contributed by atoms with Crippen molar-refractivity contribution in [3.8, 4) is 5.75 Å². The largest absolute Gasteiger partial charge is 0.490 e. The first-order valence-corrected chi connectivity index (χ1v) is 11.9. The number of amides is 1. The number of hydrogen-bond donors (Lipinski definition) is 1. The molecule has 1 amide bonds. The van der Waals surface area contributed by atoms with Crippen molar-refractivity contribution < 1.29 is 9.53 Å². The molecule has 30 heavy (non-hydrogen) atoms. The normalized spacial score (nSPS) is 21.1. The van der Waals surface area contributed by atoms with Gasteiger partial charge in [-0.3, -0.25) is 9.69 Å². The number of benzene rings is 1. The SMILES string of the molecule is CC1Cc2cc(CN3CCC(C(NC(=O)C(C)(C)C)c4nccs4)CC3)ccc2O1. The van der Waals surface area contributed by atoms with Crippen molar-refractivity contribution in [3.63, 3.8) is 0 Å². The average molecular weight is 428 g/mol. The molecule has 6 heteroatoms. The van der Waals surface area contributed by atoms with Gasteiger partial charge < -0.3 is 10.1 Å². The summed E-state index contributed by atoms with van der Waals surface area (Å²) in [5.74, 6) is 1.57. The number of piperidine rings is 1. The van der Waals surface area contributed by atoms with Gasteiger partial charge in [0, 0.05) is 30.0 Å². The second-order valence-electron chi connectivity index (χ2n) is 9.76. The second-order valence-corrected chi connectivity index (χ2v) is 10.7. The molecule has 0 bridgehead atoms. The molecule has 0 radical (unpaired) electrons. The predicted molar refractivity (Wildman–Crippen MR) is 121 cm³/mol. The molecule has 2 atom stereocenters. The van der Waals surface area contributed by atoms with E-state index in [1.165, 1.54) is 11.1 Å². The van der Waals surface area contributed by atoms with Crippen molar-refractivity contribution in [2.45, 2.75) is 65.6 Å². The maximum absolute atomic E-state index is 12.7. The Morgan fingerprint density at radius 1 is 1.33 bits per heavy atom. The van der Waals surface area contributed by atoms with Crippen LogP contribution < -0.4 is 10.1 Å². The minimum absolute atomic E-state index is 0.0116. The number of thiazole rings is 1. The van der Waals surface area contributed by atoms with E-state index in [-0.39, 0.29) is 18.1 Å². The summed E-state index contributed by atoms with van der Waals surface area (Å²) >= 11 is 1.64. The maximum Gasteiger partial charge on any atom is 0.225 e. The Morgan fingerprint density at radius 3 is 2.77 bits per heavy atom. The fourth-order valence-electron chi connectivity index (χ4n) is 4.40. The highest BCUT2D eigenvalue weighted by Gasteiger charge is 2.33. The van der Waals surface area contributed by atoms with Gasteiger partial charge in [0.05, 0.1) is 6.04 Å². The van der Waals surface area contributed by atoms with Gasteiger partial charge in [-0.25, -0.2) is 4.98 Å². The Kier molecular flexibility index (Phi) is 6.16. The van der Waals surface area contributed by atoms with Gasteiger partial charge in [0.1, 0.15) is 16.9 Å². The lowest BCUT2D eigenvalue weighted by atomic mass is 9.87. The highest BCUT2D eigenvalue weighted by molar-refractivity contribution is 7.09. The van der Waals surface area contributed by atoms with Crippen molar-refractivity contribution in [1.29, 1.82) is 0 Å². The third-order valence-corrected chi connectivity index (χ3v) is 7.01. The summed E-state index contributed by atoms with van der Waals surface area (Å²) in [6, 6.07) is 6.65. The van der Waals surface area contributed by atoms with E-state index in [9.17, 15) is 4.79 Å². The van der Waals surface area contributed by atoms with E-state index in [1.54, 1.807) is 11.3 Å². The van der Waals surface area contributed by atoms with E-state index >= 15 is 0 Å². The number of fused-ring (bicyclic) bond motifs is 1. The molecule has 162 valence electrons. The fourth-order valence-corrected chi connectivity index (χ4v) is 5.18. The molecule has 1 fully saturated rings. The molecule has 2 aliphatic heterocycles. The summed E-state index contributed by atoms with van der Waals surface area (Å²) in [5, 5.41) is 6.33. The van der Waals surface area contributed by atoms with Crippen LogP contribution in [0.25, 0.3) is 0 Å². The van der Waals surface area contributed by atoms with E-state index in [2.05, 4.69) is 40.3 Å². The number of rotatable bonds is 5. The number of carbonyl (C=O) groups is 1. The van der Waals surface area contributed by atoms with E-state index in [0.29, 0.717) is 5.92 Å². The highest BCUT2D eigenvalue weighted by Crippen LogP contribution is 2.34. The van der Waals surface area contributed by atoms with Crippen LogP contribution in [0.4, 0.5) is 0 Å². The predicted octanol–water partition coefficient (Wildman–Crippen LogP) is 4.58. The highest BCUT2D eigenvalue weighted by atomic mass is 32.1. The average Bonchev–Trinajstić information content (AvgIpc) is 3.34. The zero-order chi connectivity index (χ0) is 21.3. The van der Waals surface area contributed by atoms with Crippen molar-refractivity contribution >= 4 is 17.2 Å². The molecule has 1 aromatic heterocycles. The van der Waals surface area contributed by atoms with Crippen LogP contribution in [-0.2, 0) is 17.8 Å². The van der Waals surface area contributed by atoms with Crippen LogP contribution in [0, 0.1) is 11.3 Å². The minimum atomic E-state index is -0.398. The number of nitrogens with zero attached hydrogens (tertiary/aromatic N) is 2. The molecule has 2 unspecified atom stereocenters. The first-order chi connectivity index (χ1) is 14.3. The van der Waals surface area contributed by atoms with Gasteiger partial charge in [-0.15, -0.1) is 11.3 Å². The summed E-state index contributed by atoms with van der Waals surface area (Å²) in [5.41, 5.74) is 2.30. The van der Waals surface area contributed by atoms with E-state index in [1.807, 2.05) is 32.3 Å². The van der Waals surface area contributed by atoms with E-state index in [0.717, 1.165) is 49.7 Å². The van der Waals surface area contributed by atoms with Crippen LogP contribution in [0.15, 0.2) is 29.8 Å². The van der Waals surface area contributed by atoms with Crippen LogP contribution in [0.1, 0.15) is 62.7 Å². The Balaban J connectivity index is 1.37. The molecule has 4 rings (SSSR count). The first-order valence-electron chi connectivity index (χ1n) is 11.0. The van der Waals surface area contributed by atoms with Crippen molar-refractivity contribution in [1.82, 2.24) is 15.2 Å². The molecular weight excluding hydrogens is 394 g/mol. The Bertz CT molecular complexity index is 867. The lowest BCUT2D eigenvalue weighted by Gasteiger charge is -2.36. The number of hydrogen-bond acceptors (Lipinski definition) is 5. The summed E-state index contributed by atoms with van der Waals surface area (Å²) in [7, 11) is 0. The van der Waals surface area contributed by atoms with Gasteiger partial charge in [-0.2, -0.15) is 0 Å². The van der Waals surface area contributed by atoms with Crippen LogP contribution in [0.5, 0.6) is 5.75 Å². The second kappa shape index (κ2) is 8.67. The minimum Gasteiger partial charge on any atom is -0.490 e. The van der Waals surface area contributed by atoms with Crippen LogP contribution >= 0.6 is 11.3 Å². The number of likely N-dealkylation sites (tertiary alicyclic amines) is 1. The third-order valence-electron chi connectivity index (χ3n) is 6.16. The monoisotopic (exact) mass is 427 g/mol. The van der Waals surface area contributed by atoms with Gasteiger partial charge >= 0.3 is 0 Å². The van der Waals surface area contributed by atoms with Crippen molar-refractivity contribution in [3.05, 3.63) is 45.9 Å². The molecule has 0 spiro atoms. The van der Waals surface area contributed by atoms with Crippen molar-refractivity contribution in [2.75, 3.05) is 13.1 Å². The molecule has 2 aromatic rings.